The second-order valence-electron chi connectivity index (χ2n) is 6.21. The van der Waals surface area contributed by atoms with Crippen LogP contribution in [0.1, 0.15) is 30.1 Å². The van der Waals surface area contributed by atoms with Crippen molar-refractivity contribution in [3.8, 4) is 0 Å². The molecule has 1 fully saturated rings. The molecule has 122 valence electrons. The molecule has 2 aliphatic heterocycles. The van der Waals surface area contributed by atoms with Crippen LogP contribution in [0.3, 0.4) is 0 Å². The van der Waals surface area contributed by atoms with Crippen LogP contribution >= 0.6 is 0 Å². The summed E-state index contributed by atoms with van der Waals surface area (Å²) < 4.78 is 0. The Morgan fingerprint density at radius 2 is 1.65 bits per heavy atom. The number of piperidine rings is 1. The minimum atomic E-state index is -0.0569. The number of benzene rings is 1. The van der Waals surface area contributed by atoms with Crippen LogP contribution in [-0.2, 0) is 0 Å². The van der Waals surface area contributed by atoms with Crippen LogP contribution in [0.15, 0.2) is 36.4 Å². The molecule has 23 heavy (non-hydrogen) atoms. The number of carbonyl (C=O) groups excluding carboxylic acids is 2. The molecule has 2 heterocycles. The average Bonchev–Trinajstić information content (AvgIpc) is 3.10. The molecule has 0 aliphatic carbocycles. The Morgan fingerprint density at radius 1 is 1.04 bits per heavy atom. The first-order chi connectivity index (χ1) is 11.1. The molecule has 0 radical (unpaired) electrons. The fraction of sp³-hybridized carbons (Fsp3) is 0.444. The van der Waals surface area contributed by atoms with Crippen LogP contribution in [-0.4, -0.2) is 53.8 Å². The van der Waals surface area contributed by atoms with Crippen LogP contribution in [0.4, 0.5) is 10.5 Å². The highest BCUT2D eigenvalue weighted by atomic mass is 16.2. The first kappa shape index (κ1) is 15.7. The quantitative estimate of drug-likeness (QED) is 0.689. The smallest absolute Gasteiger partial charge is 0.321 e. The molecule has 0 spiro atoms. The van der Waals surface area contributed by atoms with Gasteiger partial charge in [-0.1, -0.05) is 12.2 Å². The zero-order valence-electron chi connectivity index (χ0n) is 13.5. The fourth-order valence-electron chi connectivity index (χ4n) is 3.22. The second kappa shape index (κ2) is 6.96. The van der Waals surface area contributed by atoms with Gasteiger partial charge in [-0.2, -0.15) is 0 Å². The maximum atomic E-state index is 12.3. The Kier molecular flexibility index (Phi) is 4.76. The lowest BCUT2D eigenvalue weighted by atomic mass is 10.0. The number of hydrogen-bond donors (Lipinski definition) is 1. The maximum Gasteiger partial charge on any atom is 0.321 e. The van der Waals surface area contributed by atoms with Gasteiger partial charge in [0, 0.05) is 43.5 Å². The van der Waals surface area contributed by atoms with Gasteiger partial charge in [0.25, 0.3) is 0 Å². The van der Waals surface area contributed by atoms with Gasteiger partial charge < -0.3 is 10.2 Å². The highest BCUT2D eigenvalue weighted by molar-refractivity contribution is 5.95. The molecule has 0 aromatic heterocycles. The van der Waals surface area contributed by atoms with E-state index in [0.29, 0.717) is 11.6 Å². The number of anilines is 1. The summed E-state index contributed by atoms with van der Waals surface area (Å²) in [5, 5.41) is 2.91. The van der Waals surface area contributed by atoms with Crippen LogP contribution in [0.25, 0.3) is 0 Å². The van der Waals surface area contributed by atoms with Gasteiger partial charge in [-0.15, -0.1) is 0 Å². The van der Waals surface area contributed by atoms with E-state index in [9.17, 15) is 9.59 Å². The molecular formula is C18H23N3O2. The van der Waals surface area contributed by atoms with Crippen molar-refractivity contribution in [3.63, 3.8) is 0 Å². The molecule has 1 aromatic rings. The lowest BCUT2D eigenvalue weighted by Crippen LogP contribution is -2.47. The number of nitrogens with one attached hydrogen (secondary N) is 1. The van der Waals surface area contributed by atoms with Gasteiger partial charge in [-0.25, -0.2) is 4.79 Å². The van der Waals surface area contributed by atoms with Crippen molar-refractivity contribution in [1.82, 2.24) is 9.80 Å². The van der Waals surface area contributed by atoms with E-state index in [1.165, 1.54) is 6.92 Å². The van der Waals surface area contributed by atoms with E-state index in [4.69, 9.17) is 0 Å². The normalized spacial score (nSPS) is 19.1. The number of hydrogen-bond acceptors (Lipinski definition) is 3. The third kappa shape index (κ3) is 3.79. The number of amides is 2. The summed E-state index contributed by atoms with van der Waals surface area (Å²) in [6.07, 6.45) is 6.48. The molecule has 2 aliphatic rings. The third-order valence-electron chi connectivity index (χ3n) is 4.66. The largest absolute Gasteiger partial charge is 0.324 e. The second-order valence-corrected chi connectivity index (χ2v) is 6.21. The molecule has 2 amide bonds. The Labute approximate surface area is 137 Å². The Bertz CT molecular complexity index is 593. The molecule has 0 unspecified atom stereocenters. The molecule has 1 aromatic carbocycles. The number of ketones is 1. The minimum absolute atomic E-state index is 0.0290. The van der Waals surface area contributed by atoms with Gasteiger partial charge in [0.1, 0.15) is 0 Å². The summed E-state index contributed by atoms with van der Waals surface area (Å²) in [4.78, 5) is 27.9. The van der Waals surface area contributed by atoms with E-state index in [1.807, 2.05) is 4.90 Å². The molecule has 3 rings (SSSR count). The van der Waals surface area contributed by atoms with E-state index >= 15 is 0 Å². The summed E-state index contributed by atoms with van der Waals surface area (Å²) in [6.45, 7) is 5.20. The minimum Gasteiger partial charge on any atom is -0.324 e. The predicted molar refractivity (Wildman–Crippen MR) is 90.8 cm³/mol. The number of rotatable bonds is 3. The molecule has 0 atom stereocenters. The van der Waals surface area contributed by atoms with E-state index in [1.54, 1.807) is 24.3 Å². The van der Waals surface area contributed by atoms with Gasteiger partial charge in [-0.3, -0.25) is 9.69 Å². The Morgan fingerprint density at radius 3 is 2.22 bits per heavy atom. The first-order valence-electron chi connectivity index (χ1n) is 8.19. The standard InChI is InChI=1S/C18H23N3O2/c1-14(22)15-4-6-16(7-5-15)19-18(23)21-12-8-17(9-13-21)20-10-2-3-11-20/h2-7,17H,8-13H2,1H3,(H,19,23). The SMILES string of the molecule is CC(=O)c1ccc(NC(=O)N2CCC(N3CC=CC3)CC2)cc1. The van der Waals surface area contributed by atoms with Crippen LogP contribution in [0, 0.1) is 0 Å². The van der Waals surface area contributed by atoms with Crippen molar-refractivity contribution < 1.29 is 9.59 Å². The summed E-state index contributed by atoms with van der Waals surface area (Å²) >= 11 is 0. The third-order valence-corrected chi connectivity index (χ3v) is 4.66. The van der Waals surface area contributed by atoms with Gasteiger partial charge in [-0.05, 0) is 44.0 Å². The highest BCUT2D eigenvalue weighted by Gasteiger charge is 2.27. The van der Waals surface area contributed by atoms with Crippen molar-refractivity contribution >= 4 is 17.5 Å². The van der Waals surface area contributed by atoms with E-state index in [2.05, 4.69) is 22.4 Å². The predicted octanol–water partition coefficient (Wildman–Crippen LogP) is 2.76. The highest BCUT2D eigenvalue weighted by Crippen LogP contribution is 2.19. The van der Waals surface area contributed by atoms with E-state index in [-0.39, 0.29) is 11.8 Å². The van der Waals surface area contributed by atoms with Crippen LogP contribution < -0.4 is 5.32 Å². The average molecular weight is 313 g/mol. The molecule has 5 heteroatoms. The lowest BCUT2D eigenvalue weighted by molar-refractivity contribution is 0.101. The number of carbonyl (C=O) groups is 2. The van der Waals surface area contributed by atoms with Gasteiger partial charge in [0.15, 0.2) is 5.78 Å². The number of urea groups is 1. The van der Waals surface area contributed by atoms with Crippen molar-refractivity contribution in [2.75, 3.05) is 31.5 Å². The van der Waals surface area contributed by atoms with Crippen molar-refractivity contribution in [2.24, 2.45) is 0 Å². The van der Waals surface area contributed by atoms with Crippen LogP contribution in [0.5, 0.6) is 0 Å². The molecule has 1 N–H and O–H groups in total. The zero-order chi connectivity index (χ0) is 16.2. The monoisotopic (exact) mass is 313 g/mol. The Hall–Kier alpha value is -2.14. The summed E-state index contributed by atoms with van der Waals surface area (Å²) in [7, 11) is 0. The van der Waals surface area contributed by atoms with Crippen molar-refractivity contribution in [2.45, 2.75) is 25.8 Å². The topological polar surface area (TPSA) is 52.7 Å². The number of nitrogens with zero attached hydrogens (tertiary/aromatic N) is 2. The fourth-order valence-corrected chi connectivity index (χ4v) is 3.22. The van der Waals surface area contributed by atoms with E-state index < -0.39 is 0 Å². The zero-order valence-corrected chi connectivity index (χ0v) is 13.5. The lowest BCUT2D eigenvalue weighted by Gasteiger charge is -2.36. The first-order valence-corrected chi connectivity index (χ1v) is 8.19. The summed E-state index contributed by atoms with van der Waals surface area (Å²) in [6, 6.07) is 7.56. The molecule has 5 nitrogen and oxygen atoms in total. The summed E-state index contributed by atoms with van der Waals surface area (Å²) in [5.74, 6) is 0.0290. The number of Topliss-reactive ketones (excluding diaryl/α,β-unsaturated/α-hetero) is 1. The van der Waals surface area contributed by atoms with Crippen LogP contribution in [0.2, 0.25) is 0 Å². The van der Waals surface area contributed by atoms with Gasteiger partial charge in [0.2, 0.25) is 0 Å². The molecule has 0 saturated carbocycles. The van der Waals surface area contributed by atoms with Crippen molar-refractivity contribution in [1.29, 1.82) is 0 Å². The molecule has 0 bridgehead atoms. The Balaban J connectivity index is 1.50. The van der Waals surface area contributed by atoms with E-state index in [0.717, 1.165) is 44.7 Å². The van der Waals surface area contributed by atoms with Gasteiger partial charge >= 0.3 is 6.03 Å². The van der Waals surface area contributed by atoms with Gasteiger partial charge in [0.05, 0.1) is 0 Å². The molecule has 1 saturated heterocycles. The summed E-state index contributed by atoms with van der Waals surface area (Å²) in [5.41, 5.74) is 1.38. The number of likely N-dealkylation sites (tertiary alicyclic amines) is 1. The maximum absolute atomic E-state index is 12.3. The van der Waals surface area contributed by atoms with Crippen molar-refractivity contribution in [3.05, 3.63) is 42.0 Å². The molecular weight excluding hydrogens is 290 g/mol.